The Morgan fingerprint density at radius 1 is 0.839 bits per heavy atom. The summed E-state index contributed by atoms with van der Waals surface area (Å²) in [4.78, 5) is 12.4. The Balaban J connectivity index is 1.76. The number of fused-ring (bicyclic) bond motifs is 4. The van der Waals surface area contributed by atoms with Crippen LogP contribution in [0.25, 0.3) is 32.5 Å². The summed E-state index contributed by atoms with van der Waals surface area (Å²) in [6.45, 7) is 3.22. The highest BCUT2D eigenvalue weighted by Gasteiger charge is 2.22. The van der Waals surface area contributed by atoms with Crippen molar-refractivity contribution in [2.45, 2.75) is 18.7 Å². The van der Waals surface area contributed by atoms with E-state index >= 15 is 0 Å². The van der Waals surface area contributed by atoms with Crippen molar-refractivity contribution in [3.63, 3.8) is 0 Å². The maximum Gasteiger partial charge on any atom is 0.262 e. The molecular weight excluding hydrogens is 410 g/mol. The zero-order valence-corrected chi connectivity index (χ0v) is 17.8. The van der Waals surface area contributed by atoms with Crippen LogP contribution in [0.5, 0.6) is 0 Å². The van der Waals surface area contributed by atoms with E-state index < -0.39 is 10.0 Å². The first-order valence-electron chi connectivity index (χ1n) is 9.83. The second kappa shape index (κ2) is 6.96. The fourth-order valence-electron chi connectivity index (χ4n) is 4.19. The number of hydrogen-bond donors (Lipinski definition) is 1. The molecule has 5 aromatic rings. The van der Waals surface area contributed by atoms with Crippen LogP contribution in [0.4, 0.5) is 5.69 Å². The van der Waals surface area contributed by atoms with Gasteiger partial charge in [-0.15, -0.1) is 0 Å². The van der Waals surface area contributed by atoms with Crippen molar-refractivity contribution < 1.29 is 17.6 Å². The van der Waals surface area contributed by atoms with Crippen molar-refractivity contribution in [1.29, 1.82) is 0 Å². The summed E-state index contributed by atoms with van der Waals surface area (Å²) in [5.74, 6) is 0.385. The normalized spacial score (nSPS) is 11.9. The summed E-state index contributed by atoms with van der Waals surface area (Å²) in [7, 11) is -3.89. The monoisotopic (exact) mass is 429 g/mol. The van der Waals surface area contributed by atoms with Gasteiger partial charge in [0.15, 0.2) is 5.78 Å². The van der Waals surface area contributed by atoms with Gasteiger partial charge in [0, 0.05) is 21.5 Å². The molecule has 6 heteroatoms. The molecule has 0 unspecified atom stereocenters. The number of ketones is 1. The van der Waals surface area contributed by atoms with Gasteiger partial charge < -0.3 is 4.42 Å². The van der Waals surface area contributed by atoms with E-state index in [1.807, 2.05) is 48.5 Å². The van der Waals surface area contributed by atoms with Gasteiger partial charge >= 0.3 is 0 Å². The van der Waals surface area contributed by atoms with Gasteiger partial charge in [0.2, 0.25) is 0 Å². The lowest BCUT2D eigenvalue weighted by atomic mass is 10.0. The Hall–Kier alpha value is -3.64. The molecule has 4 aromatic carbocycles. The van der Waals surface area contributed by atoms with Crippen molar-refractivity contribution in [3.8, 4) is 0 Å². The van der Waals surface area contributed by atoms with Crippen molar-refractivity contribution in [2.24, 2.45) is 0 Å². The standard InChI is InChI=1S/C25H19NO4S/c1-15(27)24-16(2)30-25-20-12-6-5-11-19(20)22(14-21(24)25)26-31(28,29)23-13-7-9-17-8-3-4-10-18(17)23/h3-14,26H,1-2H3. The average Bonchev–Trinajstić information content (AvgIpc) is 3.09. The Morgan fingerprint density at radius 2 is 1.48 bits per heavy atom. The second-order valence-electron chi connectivity index (χ2n) is 7.52. The molecule has 0 saturated heterocycles. The van der Waals surface area contributed by atoms with Crippen LogP contribution in [0.2, 0.25) is 0 Å². The zero-order chi connectivity index (χ0) is 21.8. The fraction of sp³-hybridized carbons (Fsp3) is 0.0800. The molecule has 1 heterocycles. The molecule has 31 heavy (non-hydrogen) atoms. The van der Waals surface area contributed by atoms with E-state index in [0.717, 1.165) is 10.8 Å². The summed E-state index contributed by atoms with van der Waals surface area (Å²) in [6.07, 6.45) is 0. The lowest BCUT2D eigenvalue weighted by molar-refractivity contribution is 0.101. The van der Waals surface area contributed by atoms with Crippen LogP contribution in [0, 0.1) is 6.92 Å². The Kier molecular flexibility index (Phi) is 4.34. The first-order chi connectivity index (χ1) is 14.9. The maximum atomic E-state index is 13.4. The molecule has 5 nitrogen and oxygen atoms in total. The van der Waals surface area contributed by atoms with Gasteiger partial charge in [-0.05, 0) is 31.4 Å². The highest BCUT2D eigenvalue weighted by Crippen LogP contribution is 2.38. The van der Waals surface area contributed by atoms with Crippen molar-refractivity contribution in [2.75, 3.05) is 4.72 Å². The Labute approximate surface area is 179 Å². The molecule has 154 valence electrons. The van der Waals surface area contributed by atoms with E-state index in [4.69, 9.17) is 4.42 Å². The van der Waals surface area contributed by atoms with E-state index in [9.17, 15) is 13.2 Å². The van der Waals surface area contributed by atoms with Gasteiger partial charge in [0.05, 0.1) is 16.1 Å². The van der Waals surface area contributed by atoms with Gasteiger partial charge in [0.1, 0.15) is 11.3 Å². The van der Waals surface area contributed by atoms with Gasteiger partial charge in [-0.3, -0.25) is 9.52 Å². The summed E-state index contributed by atoms with van der Waals surface area (Å²) in [5.41, 5.74) is 1.44. The molecule has 0 atom stereocenters. The van der Waals surface area contributed by atoms with Crippen molar-refractivity contribution in [1.82, 2.24) is 0 Å². The Bertz CT molecular complexity index is 1610. The minimum atomic E-state index is -3.89. The van der Waals surface area contributed by atoms with E-state index in [0.29, 0.717) is 38.8 Å². The third-order valence-corrected chi connectivity index (χ3v) is 6.93. The number of sulfonamides is 1. The summed E-state index contributed by atoms with van der Waals surface area (Å²) in [6, 6.07) is 21.6. The van der Waals surface area contributed by atoms with E-state index in [1.54, 1.807) is 31.2 Å². The molecule has 1 N–H and O–H groups in total. The van der Waals surface area contributed by atoms with Gasteiger partial charge in [-0.25, -0.2) is 8.42 Å². The van der Waals surface area contributed by atoms with Crippen molar-refractivity contribution in [3.05, 3.63) is 84.1 Å². The fourth-order valence-corrected chi connectivity index (χ4v) is 5.49. The number of carbonyl (C=O) groups is 1. The molecule has 0 spiro atoms. The minimum Gasteiger partial charge on any atom is -0.460 e. The largest absolute Gasteiger partial charge is 0.460 e. The molecule has 0 amide bonds. The van der Waals surface area contributed by atoms with Gasteiger partial charge in [-0.1, -0.05) is 60.7 Å². The van der Waals surface area contributed by atoms with E-state index in [2.05, 4.69) is 4.72 Å². The number of anilines is 1. The van der Waals surface area contributed by atoms with Crippen LogP contribution in [-0.2, 0) is 10.0 Å². The topological polar surface area (TPSA) is 76.4 Å². The number of carbonyl (C=O) groups excluding carboxylic acids is 1. The SMILES string of the molecule is CC(=O)c1c(C)oc2c1cc(NS(=O)(=O)c1cccc3ccccc13)c1ccccc12. The molecule has 1 aromatic heterocycles. The van der Waals surface area contributed by atoms with Crippen LogP contribution < -0.4 is 4.72 Å². The van der Waals surface area contributed by atoms with Crippen LogP contribution in [0.15, 0.2) is 82.1 Å². The highest BCUT2D eigenvalue weighted by atomic mass is 32.2. The smallest absolute Gasteiger partial charge is 0.262 e. The molecular formula is C25H19NO4S. The number of nitrogens with one attached hydrogen (secondary N) is 1. The number of rotatable bonds is 4. The van der Waals surface area contributed by atoms with Crippen LogP contribution in [0.3, 0.4) is 0 Å². The van der Waals surface area contributed by atoms with Gasteiger partial charge in [0.25, 0.3) is 10.0 Å². The van der Waals surface area contributed by atoms with Crippen molar-refractivity contribution >= 4 is 54.0 Å². The molecule has 0 aliphatic rings. The van der Waals surface area contributed by atoms with E-state index in [1.165, 1.54) is 6.92 Å². The number of aryl methyl sites for hydroxylation is 1. The first kappa shape index (κ1) is 19.3. The van der Waals surface area contributed by atoms with Crippen LogP contribution >= 0.6 is 0 Å². The number of benzene rings is 4. The third kappa shape index (κ3) is 3.07. The number of hydrogen-bond acceptors (Lipinski definition) is 4. The van der Waals surface area contributed by atoms with Crippen LogP contribution in [-0.4, -0.2) is 14.2 Å². The summed E-state index contributed by atoms with van der Waals surface area (Å²) in [5, 5.41) is 3.52. The predicted molar refractivity (Wildman–Crippen MR) is 123 cm³/mol. The first-order valence-corrected chi connectivity index (χ1v) is 11.3. The summed E-state index contributed by atoms with van der Waals surface area (Å²) >= 11 is 0. The Morgan fingerprint density at radius 3 is 2.23 bits per heavy atom. The molecule has 0 fully saturated rings. The van der Waals surface area contributed by atoms with E-state index in [-0.39, 0.29) is 10.7 Å². The molecule has 0 bridgehead atoms. The number of furan rings is 1. The van der Waals surface area contributed by atoms with Gasteiger partial charge in [-0.2, -0.15) is 0 Å². The maximum absolute atomic E-state index is 13.4. The lowest BCUT2D eigenvalue weighted by Gasteiger charge is -2.13. The predicted octanol–water partition coefficient (Wildman–Crippen LogP) is 6.05. The molecule has 0 aliphatic heterocycles. The average molecular weight is 429 g/mol. The minimum absolute atomic E-state index is 0.130. The quantitative estimate of drug-likeness (QED) is 0.353. The molecule has 0 aliphatic carbocycles. The second-order valence-corrected chi connectivity index (χ2v) is 9.17. The summed E-state index contributed by atoms with van der Waals surface area (Å²) < 4.78 is 35.5. The zero-order valence-electron chi connectivity index (χ0n) is 17.0. The van der Waals surface area contributed by atoms with Crippen LogP contribution in [0.1, 0.15) is 23.0 Å². The molecule has 0 radical (unpaired) electrons. The number of Topliss-reactive ketones (excluding diaryl/α,β-unsaturated/α-hetero) is 1. The lowest BCUT2D eigenvalue weighted by Crippen LogP contribution is -2.13. The third-order valence-electron chi connectivity index (χ3n) is 5.51. The molecule has 5 rings (SSSR count). The highest BCUT2D eigenvalue weighted by molar-refractivity contribution is 7.93. The molecule has 0 saturated carbocycles.